The second kappa shape index (κ2) is 8.41. The molecule has 5 nitrogen and oxygen atoms in total. The summed E-state index contributed by atoms with van der Waals surface area (Å²) in [5.41, 5.74) is 5.17. The van der Waals surface area contributed by atoms with Crippen molar-refractivity contribution in [3.63, 3.8) is 0 Å². The molecular weight excluding hydrogens is 461 g/mol. The van der Waals surface area contributed by atoms with E-state index in [1.165, 1.54) is 23.9 Å². The summed E-state index contributed by atoms with van der Waals surface area (Å²) in [7, 11) is 0. The number of halogens is 1. The molecule has 0 radical (unpaired) electrons. The van der Waals surface area contributed by atoms with E-state index in [-0.39, 0.29) is 22.5 Å². The van der Waals surface area contributed by atoms with Gasteiger partial charge in [-0.3, -0.25) is 9.69 Å². The van der Waals surface area contributed by atoms with Crippen LogP contribution in [0.3, 0.4) is 0 Å². The van der Waals surface area contributed by atoms with Gasteiger partial charge in [0.25, 0.3) is 5.91 Å². The predicted molar refractivity (Wildman–Crippen MR) is 139 cm³/mol. The summed E-state index contributed by atoms with van der Waals surface area (Å²) in [6.45, 7) is 8.79. The largest absolute Gasteiger partial charge is 0.323 e. The van der Waals surface area contributed by atoms with E-state index in [1.807, 2.05) is 56.3 Å². The molecule has 2 aliphatic heterocycles. The summed E-state index contributed by atoms with van der Waals surface area (Å²) >= 11 is 1.52. The Balaban J connectivity index is 1.58. The Morgan fingerprint density at radius 2 is 1.74 bits per heavy atom. The fourth-order valence-corrected chi connectivity index (χ4v) is 6.68. The van der Waals surface area contributed by atoms with Gasteiger partial charge in [-0.15, -0.1) is 11.8 Å². The highest BCUT2D eigenvalue weighted by molar-refractivity contribution is 8.02. The normalized spacial score (nSPS) is 20.4. The van der Waals surface area contributed by atoms with E-state index in [1.54, 1.807) is 21.9 Å². The van der Waals surface area contributed by atoms with Crippen molar-refractivity contribution in [2.75, 3.05) is 16.8 Å². The van der Waals surface area contributed by atoms with Gasteiger partial charge in [-0.25, -0.2) is 9.18 Å². The van der Waals surface area contributed by atoms with Gasteiger partial charge in [0.2, 0.25) is 0 Å². The smallest absolute Gasteiger partial charge is 0.308 e. The molecule has 35 heavy (non-hydrogen) atoms. The van der Waals surface area contributed by atoms with Gasteiger partial charge >= 0.3 is 6.03 Å². The molecule has 0 unspecified atom stereocenters. The van der Waals surface area contributed by atoms with Gasteiger partial charge in [-0.1, -0.05) is 42.0 Å². The number of hydrogen-bond donors (Lipinski definition) is 1. The Hall–Kier alpha value is -3.32. The second-order valence-corrected chi connectivity index (χ2v) is 11.8. The molecular formula is C28H28FN3O2S. The van der Waals surface area contributed by atoms with E-state index in [4.69, 9.17) is 0 Å². The lowest BCUT2D eigenvalue weighted by molar-refractivity contribution is -0.123. The van der Waals surface area contributed by atoms with Gasteiger partial charge in [-0.05, 0) is 69.2 Å². The van der Waals surface area contributed by atoms with Crippen LogP contribution in [0, 0.1) is 19.7 Å². The third-order valence-electron chi connectivity index (χ3n) is 6.45. The number of amides is 3. The third-order valence-corrected chi connectivity index (χ3v) is 8.05. The Labute approximate surface area is 209 Å². The monoisotopic (exact) mass is 489 g/mol. The van der Waals surface area contributed by atoms with E-state index in [0.29, 0.717) is 18.8 Å². The number of hydrogen-bond acceptors (Lipinski definition) is 3. The van der Waals surface area contributed by atoms with Crippen LogP contribution in [-0.4, -0.2) is 28.1 Å². The highest BCUT2D eigenvalue weighted by atomic mass is 32.2. The first-order chi connectivity index (χ1) is 16.6. The highest BCUT2D eigenvalue weighted by Gasteiger charge is 2.63. The van der Waals surface area contributed by atoms with Gasteiger partial charge < -0.3 is 10.2 Å². The van der Waals surface area contributed by atoms with E-state index in [9.17, 15) is 14.0 Å². The topological polar surface area (TPSA) is 52.7 Å². The van der Waals surface area contributed by atoms with Crippen LogP contribution in [0.15, 0.2) is 66.7 Å². The molecule has 0 aliphatic carbocycles. The molecule has 1 spiro atoms. The molecule has 0 aromatic heterocycles. The maximum Gasteiger partial charge on any atom is 0.323 e. The fourth-order valence-electron chi connectivity index (χ4n) is 4.96. The number of aryl methyl sites for hydroxylation is 2. The van der Waals surface area contributed by atoms with Gasteiger partial charge in [0.15, 0.2) is 4.87 Å². The van der Waals surface area contributed by atoms with Gasteiger partial charge in [-0.2, -0.15) is 0 Å². The molecule has 2 heterocycles. The van der Waals surface area contributed by atoms with Crippen molar-refractivity contribution in [3.8, 4) is 0 Å². The van der Waals surface area contributed by atoms with Crippen molar-refractivity contribution >= 4 is 35.1 Å². The Morgan fingerprint density at radius 3 is 2.46 bits per heavy atom. The van der Waals surface area contributed by atoms with Crippen LogP contribution in [0.2, 0.25) is 0 Å². The van der Waals surface area contributed by atoms with E-state index in [2.05, 4.69) is 19.2 Å². The minimum Gasteiger partial charge on any atom is -0.308 e. The average Bonchev–Trinajstić information content (AvgIpc) is 3.21. The van der Waals surface area contributed by atoms with E-state index >= 15 is 0 Å². The standard InChI is InChI=1S/C28H28FN3O2S/c1-18-6-5-7-22(14-18)30-26(34)32-17-27(3,4)35-28(32)23-15-19(2)8-13-24(23)31(25(28)33)16-20-9-11-21(29)12-10-20/h5-15H,16-17H2,1-4H3,(H,30,34)/t28-/m0/s1. The SMILES string of the molecule is Cc1cccc(NC(=O)N2CC(C)(C)S[C@@]23C(=O)N(Cc2ccc(F)cc2)c2ccc(C)cc23)c1. The minimum absolute atomic E-state index is 0.155. The number of rotatable bonds is 3. The zero-order chi connectivity index (χ0) is 25.0. The number of nitrogens with zero attached hydrogens (tertiary/aromatic N) is 2. The molecule has 3 aromatic rings. The number of carbonyl (C=O) groups is 2. The lowest BCUT2D eigenvalue weighted by Crippen LogP contribution is -2.51. The summed E-state index contributed by atoms with van der Waals surface area (Å²) in [4.78, 5) is 30.2. The van der Waals surface area contributed by atoms with Crippen molar-refractivity contribution in [2.24, 2.45) is 0 Å². The van der Waals surface area contributed by atoms with Crippen molar-refractivity contribution in [1.82, 2.24) is 4.90 Å². The second-order valence-electron chi connectivity index (χ2n) is 9.93. The molecule has 1 atom stereocenters. The molecule has 180 valence electrons. The van der Waals surface area contributed by atoms with Gasteiger partial charge in [0, 0.05) is 22.5 Å². The summed E-state index contributed by atoms with van der Waals surface area (Å²) in [6, 6.07) is 19.4. The zero-order valence-corrected chi connectivity index (χ0v) is 21.1. The fraction of sp³-hybridized carbons (Fsp3) is 0.286. The summed E-state index contributed by atoms with van der Waals surface area (Å²) in [6.07, 6.45) is 0. The van der Waals surface area contributed by atoms with Crippen LogP contribution < -0.4 is 10.2 Å². The number of thioether (sulfide) groups is 1. The molecule has 3 aromatic carbocycles. The molecule has 3 amide bonds. The Morgan fingerprint density at radius 1 is 1.03 bits per heavy atom. The average molecular weight is 490 g/mol. The van der Waals surface area contributed by atoms with Crippen LogP contribution in [-0.2, 0) is 16.2 Å². The summed E-state index contributed by atoms with van der Waals surface area (Å²) < 4.78 is 13.2. The lowest BCUT2D eigenvalue weighted by atomic mass is 10.0. The van der Waals surface area contributed by atoms with Crippen molar-refractivity contribution in [3.05, 3.63) is 94.8 Å². The molecule has 1 saturated heterocycles. The quantitative estimate of drug-likeness (QED) is 0.477. The molecule has 0 saturated carbocycles. The molecule has 1 fully saturated rings. The van der Waals surface area contributed by atoms with Gasteiger partial charge in [0.05, 0.1) is 12.2 Å². The van der Waals surface area contributed by atoms with Crippen LogP contribution in [0.4, 0.5) is 20.6 Å². The number of urea groups is 1. The van der Waals surface area contributed by atoms with Crippen molar-refractivity contribution in [2.45, 2.75) is 43.9 Å². The zero-order valence-electron chi connectivity index (χ0n) is 20.3. The first-order valence-corrected chi connectivity index (χ1v) is 12.4. The third kappa shape index (κ3) is 4.08. The van der Waals surface area contributed by atoms with E-state index < -0.39 is 4.87 Å². The van der Waals surface area contributed by atoms with E-state index in [0.717, 1.165) is 27.9 Å². The number of anilines is 2. The minimum atomic E-state index is -1.18. The number of fused-ring (bicyclic) bond motifs is 2. The predicted octanol–water partition coefficient (Wildman–Crippen LogP) is 6.20. The number of nitrogens with one attached hydrogen (secondary N) is 1. The van der Waals surface area contributed by atoms with Crippen LogP contribution >= 0.6 is 11.8 Å². The maximum atomic E-state index is 14.3. The first-order valence-electron chi connectivity index (χ1n) is 11.6. The summed E-state index contributed by atoms with van der Waals surface area (Å²) in [5.74, 6) is -0.474. The molecule has 7 heteroatoms. The number of benzene rings is 3. The Kier molecular flexibility index (Phi) is 5.63. The maximum absolute atomic E-state index is 14.3. The Bertz CT molecular complexity index is 1320. The van der Waals surface area contributed by atoms with Crippen molar-refractivity contribution in [1.29, 1.82) is 0 Å². The number of carbonyl (C=O) groups excluding carboxylic acids is 2. The molecule has 0 bridgehead atoms. The summed E-state index contributed by atoms with van der Waals surface area (Å²) in [5, 5.41) is 3.01. The molecule has 1 N–H and O–H groups in total. The van der Waals surface area contributed by atoms with Crippen molar-refractivity contribution < 1.29 is 14.0 Å². The molecule has 2 aliphatic rings. The van der Waals surface area contributed by atoms with Crippen LogP contribution in [0.1, 0.15) is 36.1 Å². The van der Waals surface area contributed by atoms with Crippen LogP contribution in [0.5, 0.6) is 0 Å². The van der Waals surface area contributed by atoms with Crippen LogP contribution in [0.25, 0.3) is 0 Å². The molecule has 5 rings (SSSR count). The van der Waals surface area contributed by atoms with Gasteiger partial charge in [0.1, 0.15) is 5.82 Å². The highest BCUT2D eigenvalue weighted by Crippen LogP contribution is 2.60. The lowest BCUT2D eigenvalue weighted by Gasteiger charge is -2.33. The first kappa shape index (κ1) is 23.4.